The Morgan fingerprint density at radius 2 is 1.85 bits per heavy atom. The van der Waals surface area contributed by atoms with Crippen molar-refractivity contribution in [1.29, 1.82) is 0 Å². The second-order valence-corrected chi connectivity index (χ2v) is 8.54. The first-order chi connectivity index (χ1) is 16.4. The number of nitrogens with zero attached hydrogens (tertiary/aromatic N) is 3. The average molecular weight is 455 g/mol. The van der Waals surface area contributed by atoms with Gasteiger partial charge in [0.2, 0.25) is 0 Å². The number of Topliss-reactive ketones (excluding diaryl/α,β-unsaturated/α-hetero) is 1. The Morgan fingerprint density at radius 1 is 1.06 bits per heavy atom. The minimum Gasteiger partial charge on any atom is -0.341 e. The van der Waals surface area contributed by atoms with Crippen LogP contribution in [0.1, 0.15) is 44.4 Å². The third-order valence-corrected chi connectivity index (χ3v) is 6.20. The van der Waals surface area contributed by atoms with Crippen LogP contribution in [0.3, 0.4) is 0 Å². The van der Waals surface area contributed by atoms with Crippen LogP contribution in [0, 0.1) is 19.7 Å². The highest BCUT2D eigenvalue weighted by molar-refractivity contribution is 6.00. The fourth-order valence-corrected chi connectivity index (χ4v) is 4.66. The number of carbonyl (C=O) groups is 2. The van der Waals surface area contributed by atoms with Crippen molar-refractivity contribution in [2.24, 2.45) is 0 Å². The largest absolute Gasteiger partial charge is 0.341 e. The van der Waals surface area contributed by atoms with E-state index in [-0.39, 0.29) is 23.9 Å². The van der Waals surface area contributed by atoms with Gasteiger partial charge in [0.25, 0.3) is 5.91 Å². The molecule has 5 rings (SSSR count). The summed E-state index contributed by atoms with van der Waals surface area (Å²) in [6.07, 6.45) is 1.77. The average Bonchev–Trinajstić information content (AvgIpc) is 3.16. The lowest BCUT2D eigenvalue weighted by atomic mass is 9.76. The van der Waals surface area contributed by atoms with Crippen LogP contribution in [0.15, 0.2) is 72.9 Å². The summed E-state index contributed by atoms with van der Waals surface area (Å²) in [6.45, 7) is 3.79. The van der Waals surface area contributed by atoms with Gasteiger partial charge in [-0.05, 0) is 55.8 Å². The van der Waals surface area contributed by atoms with Crippen LogP contribution < -0.4 is 5.32 Å². The molecule has 34 heavy (non-hydrogen) atoms. The molecule has 2 aromatic heterocycles. The van der Waals surface area contributed by atoms with Crippen molar-refractivity contribution in [2.75, 3.05) is 0 Å². The number of hydrogen-bond acceptors (Lipinski definition) is 4. The van der Waals surface area contributed by atoms with E-state index >= 15 is 0 Å². The number of nitrogens with one attached hydrogen (secondary N) is 1. The molecule has 0 unspecified atom stereocenters. The normalized spacial score (nSPS) is 17.3. The van der Waals surface area contributed by atoms with Crippen LogP contribution >= 0.6 is 0 Å². The van der Waals surface area contributed by atoms with Crippen molar-refractivity contribution in [2.45, 2.75) is 32.2 Å². The van der Waals surface area contributed by atoms with Crippen LogP contribution in [0.4, 0.5) is 4.39 Å². The van der Waals surface area contributed by atoms with E-state index < -0.39 is 12.0 Å². The number of hydrogen-bond donors (Lipinski definition) is 1. The first-order valence-corrected chi connectivity index (χ1v) is 11.1. The van der Waals surface area contributed by atoms with Crippen molar-refractivity contribution in [3.63, 3.8) is 0 Å². The van der Waals surface area contributed by atoms with Gasteiger partial charge in [-0.15, -0.1) is 0 Å². The van der Waals surface area contributed by atoms with Gasteiger partial charge in [0.1, 0.15) is 5.82 Å². The maximum absolute atomic E-state index is 13.7. The van der Waals surface area contributed by atoms with Crippen LogP contribution in [0.5, 0.6) is 0 Å². The lowest BCUT2D eigenvalue weighted by Crippen LogP contribution is -2.48. The molecule has 1 amide bonds. The number of pyridine rings is 1. The lowest BCUT2D eigenvalue weighted by molar-refractivity contribution is -0.121. The highest BCUT2D eigenvalue weighted by Gasteiger charge is 2.41. The van der Waals surface area contributed by atoms with E-state index in [9.17, 15) is 14.0 Å². The number of ketones is 1. The van der Waals surface area contributed by atoms with Gasteiger partial charge < -0.3 is 5.32 Å². The first kappa shape index (κ1) is 21.7. The number of rotatable bonds is 4. The molecule has 0 bridgehead atoms. The quantitative estimate of drug-likeness (QED) is 0.504. The zero-order chi connectivity index (χ0) is 23.8. The lowest BCUT2D eigenvalue weighted by Gasteiger charge is -2.32. The number of halogens is 1. The Labute approximate surface area is 196 Å². The molecular weight excluding hydrogens is 431 g/mol. The number of benzene rings is 2. The Bertz CT molecular complexity index is 1380. The van der Waals surface area contributed by atoms with Gasteiger partial charge in [0.05, 0.1) is 23.9 Å². The van der Waals surface area contributed by atoms with Gasteiger partial charge in [-0.2, -0.15) is 5.10 Å². The van der Waals surface area contributed by atoms with Gasteiger partial charge in [0, 0.05) is 23.2 Å². The van der Waals surface area contributed by atoms with E-state index in [1.165, 1.54) is 12.1 Å². The molecule has 2 atom stereocenters. The van der Waals surface area contributed by atoms with Crippen molar-refractivity contribution < 1.29 is 14.0 Å². The molecule has 4 aromatic rings. The first-order valence-electron chi connectivity index (χ1n) is 11.1. The van der Waals surface area contributed by atoms with Crippen molar-refractivity contribution in [3.05, 3.63) is 112 Å². The summed E-state index contributed by atoms with van der Waals surface area (Å²) in [5.74, 6) is -0.734. The fourth-order valence-electron chi connectivity index (χ4n) is 4.66. The molecule has 0 aliphatic heterocycles. The highest BCUT2D eigenvalue weighted by Crippen LogP contribution is 2.38. The predicted octanol–water partition coefficient (Wildman–Crippen LogP) is 4.08. The molecule has 0 fully saturated rings. The van der Waals surface area contributed by atoms with Gasteiger partial charge in [-0.1, -0.05) is 35.9 Å². The molecule has 6 nitrogen and oxygen atoms in total. The number of carbonyl (C=O) groups excluding carboxylic acids is 2. The van der Waals surface area contributed by atoms with E-state index in [4.69, 9.17) is 0 Å². The molecule has 1 aliphatic carbocycles. The smallest absolute Gasteiger partial charge is 0.251 e. The van der Waals surface area contributed by atoms with Crippen LogP contribution in [-0.2, 0) is 11.2 Å². The molecule has 0 saturated carbocycles. The van der Waals surface area contributed by atoms with Gasteiger partial charge in [-0.3, -0.25) is 9.59 Å². The van der Waals surface area contributed by atoms with Crippen molar-refractivity contribution in [3.8, 4) is 5.82 Å². The van der Waals surface area contributed by atoms with E-state index in [1.54, 1.807) is 35.1 Å². The summed E-state index contributed by atoms with van der Waals surface area (Å²) in [4.78, 5) is 31.0. The predicted molar refractivity (Wildman–Crippen MR) is 125 cm³/mol. The van der Waals surface area contributed by atoms with Gasteiger partial charge >= 0.3 is 0 Å². The molecule has 0 spiro atoms. The van der Waals surface area contributed by atoms with Crippen molar-refractivity contribution in [1.82, 2.24) is 20.1 Å². The summed E-state index contributed by atoms with van der Waals surface area (Å²) in [5.41, 5.74) is 4.49. The monoisotopic (exact) mass is 454 g/mol. The SMILES string of the molecule is Cc1cccc(C(=O)N[C@@H]2C(=O)Cc3c(c(C)nn3-c3ccccn3)[C@@H]2c2ccc(F)cc2)c1. The summed E-state index contributed by atoms with van der Waals surface area (Å²) < 4.78 is 15.4. The standard InChI is InChI=1S/C27H23FN4O2/c1-16-6-5-7-19(14-16)27(34)30-26-22(33)15-21-24(25(26)18-9-11-20(28)12-10-18)17(2)31-32(21)23-8-3-4-13-29-23/h3-14,25-26H,15H2,1-2H3,(H,30,34)/t25-,26+/m0/s1. The molecule has 0 radical (unpaired) electrons. The third kappa shape index (κ3) is 3.90. The van der Waals surface area contributed by atoms with E-state index in [0.717, 1.165) is 28.1 Å². The molecule has 2 aromatic carbocycles. The maximum Gasteiger partial charge on any atom is 0.251 e. The topological polar surface area (TPSA) is 76.9 Å². The second-order valence-electron chi connectivity index (χ2n) is 8.54. The van der Waals surface area contributed by atoms with Crippen LogP contribution in [-0.4, -0.2) is 32.5 Å². The number of fused-ring (bicyclic) bond motifs is 1. The Hall–Kier alpha value is -4.13. The molecule has 0 saturated heterocycles. The van der Waals surface area contributed by atoms with E-state index in [2.05, 4.69) is 15.4 Å². The van der Waals surface area contributed by atoms with Crippen molar-refractivity contribution >= 4 is 11.7 Å². The van der Waals surface area contributed by atoms with Crippen LogP contribution in [0.25, 0.3) is 5.82 Å². The minimum absolute atomic E-state index is 0.100. The summed E-state index contributed by atoms with van der Waals surface area (Å²) in [7, 11) is 0. The molecule has 1 N–H and O–H groups in total. The Balaban J connectivity index is 1.62. The molecule has 1 aliphatic rings. The van der Waals surface area contributed by atoms with Crippen LogP contribution in [0.2, 0.25) is 0 Å². The fraction of sp³-hybridized carbons (Fsp3) is 0.185. The van der Waals surface area contributed by atoms with Gasteiger partial charge in [0.15, 0.2) is 11.6 Å². The summed E-state index contributed by atoms with van der Waals surface area (Å²) in [5, 5.41) is 7.65. The van der Waals surface area contributed by atoms with E-state index in [0.29, 0.717) is 11.4 Å². The Morgan fingerprint density at radius 3 is 2.56 bits per heavy atom. The minimum atomic E-state index is -0.814. The molecule has 2 heterocycles. The number of aromatic nitrogens is 3. The maximum atomic E-state index is 13.7. The summed E-state index contributed by atoms with van der Waals surface area (Å²) in [6, 6.07) is 18.0. The van der Waals surface area contributed by atoms with Gasteiger partial charge in [-0.25, -0.2) is 14.1 Å². The number of amides is 1. The summed E-state index contributed by atoms with van der Waals surface area (Å²) >= 11 is 0. The highest BCUT2D eigenvalue weighted by atomic mass is 19.1. The Kier molecular flexibility index (Phi) is 5.53. The zero-order valence-electron chi connectivity index (χ0n) is 18.8. The molecule has 170 valence electrons. The number of aryl methyl sites for hydroxylation is 2. The second kappa shape index (κ2) is 8.67. The third-order valence-electron chi connectivity index (χ3n) is 6.20. The molecular formula is C27H23FN4O2. The molecule has 7 heteroatoms. The zero-order valence-corrected chi connectivity index (χ0v) is 18.8. The van der Waals surface area contributed by atoms with E-state index in [1.807, 2.05) is 44.2 Å².